The van der Waals surface area contributed by atoms with Gasteiger partial charge in [-0.2, -0.15) is 0 Å². The third-order valence-corrected chi connectivity index (χ3v) is 3.40. The van der Waals surface area contributed by atoms with E-state index in [9.17, 15) is 14.9 Å². The molecule has 0 spiro atoms. The van der Waals surface area contributed by atoms with E-state index in [-0.39, 0.29) is 11.5 Å². The molecule has 0 aromatic heterocycles. The summed E-state index contributed by atoms with van der Waals surface area (Å²) in [5.41, 5.74) is 0.386. The van der Waals surface area contributed by atoms with Crippen molar-refractivity contribution in [2.24, 2.45) is 0 Å². The van der Waals surface area contributed by atoms with Crippen LogP contribution in [0.5, 0.6) is 0 Å². The molecule has 0 N–H and O–H groups in total. The number of rotatable bonds is 10. The van der Waals surface area contributed by atoms with E-state index < -0.39 is 4.92 Å². The molecular weight excluding hydrogens is 268 g/mol. The van der Waals surface area contributed by atoms with Gasteiger partial charge in [-0.25, -0.2) is 0 Å². The van der Waals surface area contributed by atoms with E-state index in [4.69, 9.17) is 0 Å². The Hall–Kier alpha value is -1.75. The first kappa shape index (κ1) is 17.3. The van der Waals surface area contributed by atoms with Crippen LogP contribution in [0.2, 0.25) is 0 Å². The van der Waals surface area contributed by atoms with Crippen molar-refractivity contribution in [3.8, 4) is 0 Å². The number of unbranched alkanes of at least 4 members (excludes halogenated alkanes) is 2. The Morgan fingerprint density at radius 1 is 1.19 bits per heavy atom. The van der Waals surface area contributed by atoms with Crippen LogP contribution in [-0.4, -0.2) is 35.2 Å². The van der Waals surface area contributed by atoms with Crippen LogP contribution in [0.3, 0.4) is 0 Å². The minimum absolute atomic E-state index is 0.0329. The van der Waals surface area contributed by atoms with E-state index in [2.05, 4.69) is 18.7 Å². The Morgan fingerprint density at radius 2 is 1.81 bits per heavy atom. The van der Waals surface area contributed by atoms with Crippen LogP contribution in [0.25, 0.3) is 0 Å². The lowest BCUT2D eigenvalue weighted by Gasteiger charge is -2.21. The van der Waals surface area contributed by atoms with Gasteiger partial charge in [0, 0.05) is 17.7 Å². The van der Waals surface area contributed by atoms with Crippen LogP contribution in [0.15, 0.2) is 24.3 Å². The quantitative estimate of drug-likeness (QED) is 0.375. The number of carbonyl (C=O) groups excluding carboxylic acids is 1. The Morgan fingerprint density at radius 3 is 2.33 bits per heavy atom. The molecule has 0 aliphatic carbocycles. The number of hydrogen-bond donors (Lipinski definition) is 0. The lowest BCUT2D eigenvalue weighted by molar-refractivity contribution is -0.384. The highest BCUT2D eigenvalue weighted by molar-refractivity contribution is 5.98. The second kappa shape index (κ2) is 9.23. The molecule has 0 bridgehead atoms. The van der Waals surface area contributed by atoms with Crippen molar-refractivity contribution in [3.63, 3.8) is 0 Å². The highest BCUT2D eigenvalue weighted by Crippen LogP contribution is 2.14. The molecule has 0 unspecified atom stereocenters. The van der Waals surface area contributed by atoms with Crippen LogP contribution in [0.4, 0.5) is 5.69 Å². The summed E-state index contributed by atoms with van der Waals surface area (Å²) in [4.78, 5) is 24.7. The molecule has 0 amide bonds. The SMILES string of the molecule is CCCCN(CCCC)CC(=O)c1cccc([N+](=O)[O-])c1. The highest BCUT2D eigenvalue weighted by Gasteiger charge is 2.14. The van der Waals surface area contributed by atoms with Crippen LogP contribution >= 0.6 is 0 Å². The van der Waals surface area contributed by atoms with Crippen LogP contribution in [-0.2, 0) is 0 Å². The molecule has 1 aromatic rings. The minimum atomic E-state index is -0.470. The maximum Gasteiger partial charge on any atom is 0.270 e. The number of nitrogens with zero attached hydrogens (tertiary/aromatic N) is 2. The van der Waals surface area contributed by atoms with Crippen LogP contribution in [0.1, 0.15) is 49.9 Å². The first-order valence-corrected chi connectivity index (χ1v) is 7.58. The number of nitro benzene ring substituents is 1. The van der Waals surface area contributed by atoms with E-state index in [1.54, 1.807) is 12.1 Å². The zero-order chi connectivity index (χ0) is 15.7. The first-order valence-electron chi connectivity index (χ1n) is 7.58. The normalized spacial score (nSPS) is 10.8. The van der Waals surface area contributed by atoms with Gasteiger partial charge in [-0.05, 0) is 25.9 Å². The molecule has 21 heavy (non-hydrogen) atoms. The van der Waals surface area contributed by atoms with E-state index in [1.807, 2.05) is 0 Å². The van der Waals surface area contributed by atoms with Crippen molar-refractivity contribution in [3.05, 3.63) is 39.9 Å². The van der Waals surface area contributed by atoms with Crippen molar-refractivity contribution >= 4 is 11.5 Å². The molecule has 1 aromatic carbocycles. The summed E-state index contributed by atoms with van der Waals surface area (Å²) < 4.78 is 0. The Labute approximate surface area is 126 Å². The average molecular weight is 292 g/mol. The second-order valence-electron chi connectivity index (χ2n) is 5.21. The van der Waals surface area contributed by atoms with Crippen molar-refractivity contribution in [2.45, 2.75) is 39.5 Å². The van der Waals surface area contributed by atoms with Gasteiger partial charge in [0.1, 0.15) is 0 Å². The fourth-order valence-corrected chi connectivity index (χ4v) is 2.12. The predicted molar refractivity (Wildman–Crippen MR) is 83.7 cm³/mol. The molecule has 0 radical (unpaired) electrons. The number of hydrogen-bond acceptors (Lipinski definition) is 4. The highest BCUT2D eigenvalue weighted by atomic mass is 16.6. The molecule has 0 saturated carbocycles. The van der Waals surface area contributed by atoms with Gasteiger partial charge in [-0.1, -0.05) is 38.8 Å². The molecule has 0 aliphatic heterocycles. The number of benzene rings is 1. The van der Waals surface area contributed by atoms with Crippen LogP contribution in [0, 0.1) is 10.1 Å². The van der Waals surface area contributed by atoms with E-state index in [1.165, 1.54) is 12.1 Å². The van der Waals surface area contributed by atoms with Gasteiger partial charge < -0.3 is 0 Å². The molecule has 0 saturated heterocycles. The maximum absolute atomic E-state index is 12.3. The third-order valence-electron chi connectivity index (χ3n) is 3.40. The topological polar surface area (TPSA) is 63.5 Å². The van der Waals surface area contributed by atoms with Gasteiger partial charge in [-0.3, -0.25) is 19.8 Å². The molecule has 1 rings (SSSR count). The standard InChI is InChI=1S/C16H24N2O3/c1-3-5-10-17(11-6-4-2)13-16(19)14-8-7-9-15(12-14)18(20)21/h7-9,12H,3-6,10-11,13H2,1-2H3. The van der Waals surface area contributed by atoms with Gasteiger partial charge >= 0.3 is 0 Å². The molecule has 5 heteroatoms. The number of nitro groups is 1. The minimum Gasteiger partial charge on any atom is -0.296 e. The summed E-state index contributed by atoms with van der Waals surface area (Å²) in [5, 5.41) is 10.8. The zero-order valence-electron chi connectivity index (χ0n) is 12.9. The summed E-state index contributed by atoms with van der Waals surface area (Å²) >= 11 is 0. The smallest absolute Gasteiger partial charge is 0.270 e. The van der Waals surface area contributed by atoms with E-state index in [0.717, 1.165) is 38.8 Å². The molecule has 0 atom stereocenters. The number of carbonyl (C=O) groups is 1. The number of ketones is 1. The number of Topliss-reactive ketones (excluding diaryl/α,β-unsaturated/α-hetero) is 1. The molecule has 5 nitrogen and oxygen atoms in total. The van der Waals surface area contributed by atoms with Crippen molar-refractivity contribution in [1.82, 2.24) is 4.90 Å². The summed E-state index contributed by atoms with van der Waals surface area (Å²) in [6.45, 7) is 6.39. The maximum atomic E-state index is 12.3. The predicted octanol–water partition coefficient (Wildman–Crippen LogP) is 3.68. The van der Waals surface area contributed by atoms with Gasteiger partial charge in [0.05, 0.1) is 11.5 Å². The molecule has 0 aliphatic rings. The Balaban J connectivity index is 2.71. The average Bonchev–Trinajstić information content (AvgIpc) is 2.49. The Bertz CT molecular complexity index is 466. The van der Waals surface area contributed by atoms with Gasteiger partial charge in [0.25, 0.3) is 5.69 Å². The van der Waals surface area contributed by atoms with Crippen LogP contribution < -0.4 is 0 Å². The Kier molecular flexibility index (Phi) is 7.61. The molecule has 0 heterocycles. The summed E-state index contributed by atoms with van der Waals surface area (Å²) in [7, 11) is 0. The fraction of sp³-hybridized carbons (Fsp3) is 0.562. The largest absolute Gasteiger partial charge is 0.296 e. The van der Waals surface area contributed by atoms with Crippen molar-refractivity contribution in [2.75, 3.05) is 19.6 Å². The summed E-state index contributed by atoms with van der Waals surface area (Å²) in [6, 6.07) is 5.98. The third kappa shape index (κ3) is 6.04. The van der Waals surface area contributed by atoms with E-state index >= 15 is 0 Å². The zero-order valence-corrected chi connectivity index (χ0v) is 12.9. The second-order valence-corrected chi connectivity index (χ2v) is 5.21. The van der Waals surface area contributed by atoms with Crippen molar-refractivity contribution < 1.29 is 9.72 Å². The first-order chi connectivity index (χ1) is 10.1. The monoisotopic (exact) mass is 292 g/mol. The summed E-state index contributed by atoms with van der Waals surface area (Å²) in [6.07, 6.45) is 4.30. The molecular formula is C16H24N2O3. The van der Waals surface area contributed by atoms with Gasteiger partial charge in [-0.15, -0.1) is 0 Å². The fourth-order valence-electron chi connectivity index (χ4n) is 2.12. The van der Waals surface area contributed by atoms with Crippen molar-refractivity contribution in [1.29, 1.82) is 0 Å². The van der Waals surface area contributed by atoms with E-state index in [0.29, 0.717) is 12.1 Å². The molecule has 116 valence electrons. The summed E-state index contributed by atoms with van der Waals surface area (Å²) in [5.74, 6) is -0.0501. The lowest BCUT2D eigenvalue weighted by Crippen LogP contribution is -2.31. The molecule has 0 fully saturated rings. The number of non-ortho nitro benzene ring substituents is 1. The van der Waals surface area contributed by atoms with Gasteiger partial charge in [0.2, 0.25) is 0 Å². The van der Waals surface area contributed by atoms with Gasteiger partial charge in [0.15, 0.2) is 5.78 Å². The lowest BCUT2D eigenvalue weighted by atomic mass is 10.1.